The van der Waals surface area contributed by atoms with E-state index in [1.54, 1.807) is 36.7 Å². The highest BCUT2D eigenvalue weighted by Gasteiger charge is 2.56. The lowest BCUT2D eigenvalue weighted by molar-refractivity contribution is -0.220. The summed E-state index contributed by atoms with van der Waals surface area (Å²) in [6.07, 6.45) is -3.30. The summed E-state index contributed by atoms with van der Waals surface area (Å²) in [5.74, 6) is 3.13. The van der Waals surface area contributed by atoms with Gasteiger partial charge in [-0.25, -0.2) is 28.5 Å². The zero-order valence-electron chi connectivity index (χ0n) is 34.6. The normalized spacial score (nSPS) is 16.8. The van der Waals surface area contributed by atoms with Crippen LogP contribution in [0.3, 0.4) is 0 Å². The summed E-state index contributed by atoms with van der Waals surface area (Å²) >= 11 is 0. The van der Waals surface area contributed by atoms with Gasteiger partial charge >= 0.3 is 18.8 Å². The number of carbonyl (C=O) groups is 2. The average molecular weight is 892 g/mol. The number of aliphatic hydroxyl groups is 1. The predicted molar refractivity (Wildman–Crippen MR) is 218 cm³/mol. The van der Waals surface area contributed by atoms with Gasteiger partial charge in [-0.15, -0.1) is 0 Å². The molecule has 2 saturated heterocycles. The summed E-state index contributed by atoms with van der Waals surface area (Å²) < 4.78 is 108. The first-order valence-corrected chi connectivity index (χ1v) is 19.7. The molecule has 0 saturated carbocycles. The van der Waals surface area contributed by atoms with Crippen LogP contribution in [0, 0.1) is 28.9 Å². The van der Waals surface area contributed by atoms with E-state index in [4.69, 9.17) is 10.5 Å². The molecule has 2 amide bonds. The first-order chi connectivity index (χ1) is 29.9. The number of alkyl halides is 5. The highest BCUT2D eigenvalue weighted by Crippen LogP contribution is 2.40. The summed E-state index contributed by atoms with van der Waals surface area (Å²) in [5, 5.41) is 18.3. The fourth-order valence-corrected chi connectivity index (χ4v) is 6.63. The molecule has 6 N–H and O–H groups in total. The lowest BCUT2D eigenvalue weighted by Gasteiger charge is -2.42. The van der Waals surface area contributed by atoms with Crippen molar-refractivity contribution in [1.29, 1.82) is 0 Å². The van der Waals surface area contributed by atoms with Gasteiger partial charge in [0, 0.05) is 80.8 Å². The third kappa shape index (κ3) is 12.9. The van der Waals surface area contributed by atoms with Gasteiger partial charge in [0.15, 0.2) is 0 Å². The minimum atomic E-state index is -4.99. The highest BCUT2D eigenvalue weighted by molar-refractivity contribution is 6.09. The molecule has 3 heterocycles. The minimum Gasteiger partial charge on any atom is -0.453 e. The number of aromatic nitrogens is 2. The second-order valence-electron chi connectivity index (χ2n) is 15.3. The Morgan fingerprint density at radius 3 is 2.17 bits per heavy atom. The standard InChI is InChI=1S/C42H48F7N9O5/c1-41(2,42(47,48)49)36(56-40(61)62-3)37(60)55-34(35(59)22-51-21-31-32(43)15-28(16-33(31)44)29(17-50)20-52-38(45)46)14-26-7-4-25(5-8-26)6-9-27-18-53-39(54-19-27)58-12-10-57(11-13-58)30-23-63-24-30/h4-5,7-8,15-20,30,34-36,38,51,59H,10-14,21-24,50H2,1-3H3,(H,55,60)(H,56,61)/t34-,35-,36+/m0/s1. The van der Waals surface area contributed by atoms with E-state index in [0.717, 1.165) is 64.8 Å². The highest BCUT2D eigenvalue weighted by atomic mass is 19.4. The molecule has 0 aliphatic carbocycles. The van der Waals surface area contributed by atoms with Crippen LogP contribution >= 0.6 is 0 Å². The first-order valence-electron chi connectivity index (χ1n) is 19.7. The summed E-state index contributed by atoms with van der Waals surface area (Å²) in [7, 11) is 0.908. The average Bonchev–Trinajstić information content (AvgIpc) is 3.22. The van der Waals surface area contributed by atoms with Gasteiger partial charge in [-0.05, 0) is 55.7 Å². The number of methoxy groups -OCH3 is 1. The van der Waals surface area contributed by atoms with E-state index >= 15 is 8.78 Å². The number of nitrogens with two attached hydrogens (primary N) is 1. The first kappa shape index (κ1) is 48.2. The van der Waals surface area contributed by atoms with Crippen molar-refractivity contribution in [2.45, 2.75) is 63.8 Å². The topological polar surface area (TPSA) is 180 Å². The van der Waals surface area contributed by atoms with Gasteiger partial charge in [0.2, 0.25) is 11.9 Å². The molecular formula is C42H48F7N9O5. The van der Waals surface area contributed by atoms with E-state index in [1.165, 1.54) is 0 Å². The Morgan fingerprint density at radius 2 is 1.63 bits per heavy atom. The molecule has 0 spiro atoms. The molecule has 63 heavy (non-hydrogen) atoms. The van der Waals surface area contributed by atoms with Crippen molar-refractivity contribution in [3.8, 4) is 11.8 Å². The molecule has 0 unspecified atom stereocenters. The van der Waals surface area contributed by atoms with Crippen LogP contribution in [0.1, 0.15) is 41.7 Å². The molecule has 14 nitrogen and oxygen atoms in total. The van der Waals surface area contributed by atoms with Gasteiger partial charge in [-0.1, -0.05) is 24.0 Å². The molecule has 3 aromatic rings. The zero-order valence-corrected chi connectivity index (χ0v) is 34.6. The van der Waals surface area contributed by atoms with Gasteiger partial charge in [-0.3, -0.25) is 9.69 Å². The molecule has 0 bridgehead atoms. The van der Waals surface area contributed by atoms with Gasteiger partial charge in [-0.2, -0.15) is 22.0 Å². The Kier molecular flexibility index (Phi) is 16.5. The summed E-state index contributed by atoms with van der Waals surface area (Å²) in [5.41, 5.74) is 3.37. The number of ether oxygens (including phenoxy) is 2. The number of piperazine rings is 1. The van der Waals surface area contributed by atoms with Crippen LogP contribution < -0.4 is 26.6 Å². The van der Waals surface area contributed by atoms with Crippen molar-refractivity contribution in [1.82, 2.24) is 30.8 Å². The fourth-order valence-electron chi connectivity index (χ4n) is 6.63. The maximum Gasteiger partial charge on any atom is 0.407 e. The van der Waals surface area contributed by atoms with E-state index in [2.05, 4.69) is 52.0 Å². The zero-order chi connectivity index (χ0) is 45.9. The second kappa shape index (κ2) is 21.5. The molecule has 0 radical (unpaired) electrons. The number of aliphatic hydroxyl groups excluding tert-OH is 1. The number of amides is 2. The third-order valence-electron chi connectivity index (χ3n) is 10.7. The van der Waals surface area contributed by atoms with E-state index in [9.17, 15) is 36.6 Å². The van der Waals surface area contributed by atoms with Gasteiger partial charge in [0.25, 0.3) is 0 Å². The van der Waals surface area contributed by atoms with Crippen LogP contribution in [0.4, 0.5) is 41.5 Å². The van der Waals surface area contributed by atoms with Crippen molar-refractivity contribution in [3.63, 3.8) is 0 Å². The second-order valence-corrected chi connectivity index (χ2v) is 15.3. The third-order valence-corrected chi connectivity index (χ3v) is 10.7. The molecule has 5 rings (SSSR count). The number of nitrogens with zero attached hydrogens (tertiary/aromatic N) is 5. The molecule has 340 valence electrons. The SMILES string of the molecule is COC(=O)N[C@H](C(=O)N[C@@H](Cc1ccc(C#Cc2cnc(N3CCN(C4COC4)CC3)nc2)cc1)[C@@H](O)CNCc1c(F)cc(C(C=NC(F)F)=CN)cc1F)C(C)(C)C(F)(F)F. The number of aliphatic imine (C=N–C) groups is 1. The number of hydrogen-bond acceptors (Lipinski definition) is 12. The van der Waals surface area contributed by atoms with E-state index in [-0.39, 0.29) is 17.6 Å². The van der Waals surface area contributed by atoms with Crippen molar-refractivity contribution >= 4 is 29.7 Å². The summed E-state index contributed by atoms with van der Waals surface area (Å²) in [6.45, 7) is 2.24. The maximum absolute atomic E-state index is 15.1. The molecule has 2 aliphatic rings. The van der Waals surface area contributed by atoms with Crippen molar-refractivity contribution in [3.05, 3.63) is 94.4 Å². The molecule has 2 aromatic carbocycles. The summed E-state index contributed by atoms with van der Waals surface area (Å²) in [6, 6.07) is 5.18. The Labute approximate surface area is 359 Å². The van der Waals surface area contributed by atoms with Crippen LogP contribution in [-0.4, -0.2) is 128 Å². The smallest absolute Gasteiger partial charge is 0.407 e. The van der Waals surface area contributed by atoms with Crippen molar-refractivity contribution in [2.75, 3.05) is 57.9 Å². The fraction of sp³-hybridized carbons (Fsp3) is 0.452. The number of carbonyl (C=O) groups excluding carboxylic acids is 2. The number of rotatable bonds is 16. The number of anilines is 1. The quantitative estimate of drug-likeness (QED) is 0.0613. The lowest BCUT2D eigenvalue weighted by Crippen LogP contribution is -2.62. The number of hydrogen-bond donors (Lipinski definition) is 5. The number of allylic oxidation sites excluding steroid dienone is 1. The van der Waals surface area contributed by atoms with E-state index < -0.39 is 78.6 Å². The van der Waals surface area contributed by atoms with Crippen molar-refractivity contribution < 1.29 is 54.9 Å². The number of alkyl carbamates (subject to hydrolysis) is 1. The van der Waals surface area contributed by atoms with Crippen LogP contribution in [0.2, 0.25) is 0 Å². The van der Waals surface area contributed by atoms with E-state index in [1.807, 2.05) is 5.32 Å². The minimum absolute atomic E-state index is 0.163. The van der Waals surface area contributed by atoms with Gasteiger partial charge < -0.3 is 41.2 Å². The Balaban J connectivity index is 1.29. The molecule has 3 atom stereocenters. The monoisotopic (exact) mass is 891 g/mol. The molecule has 1 aromatic heterocycles. The van der Waals surface area contributed by atoms with Crippen LogP contribution in [-0.2, 0) is 27.2 Å². The van der Waals surface area contributed by atoms with E-state index in [0.29, 0.717) is 48.7 Å². The van der Waals surface area contributed by atoms with Crippen LogP contribution in [0.25, 0.3) is 5.57 Å². The summed E-state index contributed by atoms with van der Waals surface area (Å²) in [4.78, 5) is 42.0. The van der Waals surface area contributed by atoms with Gasteiger partial charge in [0.05, 0.1) is 49.5 Å². The molecular weight excluding hydrogens is 844 g/mol. The van der Waals surface area contributed by atoms with Gasteiger partial charge in [0.1, 0.15) is 17.7 Å². The van der Waals surface area contributed by atoms with Crippen LogP contribution in [0.15, 0.2) is 60.0 Å². The molecule has 2 aliphatic heterocycles. The number of benzene rings is 2. The maximum atomic E-state index is 15.1. The largest absolute Gasteiger partial charge is 0.453 e. The number of halogens is 7. The molecule has 21 heteroatoms. The number of nitrogens with one attached hydrogen (secondary N) is 3. The van der Waals surface area contributed by atoms with Crippen LogP contribution in [0.5, 0.6) is 0 Å². The Hall–Kier alpha value is -5.82. The van der Waals surface area contributed by atoms with Crippen molar-refractivity contribution in [2.24, 2.45) is 16.1 Å². The Bertz CT molecular complexity index is 2130. The predicted octanol–water partition coefficient (Wildman–Crippen LogP) is 3.76. The lowest BCUT2D eigenvalue weighted by atomic mass is 9.82. The molecule has 2 fully saturated rings. The Morgan fingerprint density at radius 1 is 1.02 bits per heavy atom.